The third-order valence-corrected chi connectivity index (χ3v) is 7.80. The molecule has 1 saturated carbocycles. The lowest BCUT2D eigenvalue weighted by molar-refractivity contribution is -0.135. The van der Waals surface area contributed by atoms with E-state index in [1.807, 2.05) is 25.1 Å². The molecule has 2 aliphatic rings. The van der Waals surface area contributed by atoms with Crippen molar-refractivity contribution in [2.45, 2.75) is 78.0 Å². The van der Waals surface area contributed by atoms with E-state index in [4.69, 9.17) is 9.47 Å². The molecule has 0 unspecified atom stereocenters. The third kappa shape index (κ3) is 7.26. The summed E-state index contributed by atoms with van der Waals surface area (Å²) in [6, 6.07) is 14.0. The molecule has 0 bridgehead atoms. The lowest BCUT2D eigenvalue weighted by atomic mass is 9.85. The Morgan fingerprint density at radius 2 is 1.76 bits per heavy atom. The molecule has 1 aliphatic heterocycles. The average Bonchev–Trinajstić information content (AvgIpc) is 3.55. The van der Waals surface area contributed by atoms with E-state index in [2.05, 4.69) is 43.4 Å². The van der Waals surface area contributed by atoms with E-state index in [-0.39, 0.29) is 47.7 Å². The molecule has 1 N–H and O–H groups in total. The van der Waals surface area contributed by atoms with E-state index in [0.29, 0.717) is 38.9 Å². The number of nitrogens with one attached hydrogen (secondary N) is 1. The number of amides is 1. The Morgan fingerprint density at radius 3 is 2.46 bits per heavy atom. The molecule has 200 valence electrons. The van der Waals surface area contributed by atoms with Crippen molar-refractivity contribution in [3.05, 3.63) is 48.0 Å². The fraction of sp³-hybridized carbons (Fsp3) is 0.581. The summed E-state index contributed by atoms with van der Waals surface area (Å²) < 4.78 is 11.5. The largest absolute Gasteiger partial charge is 0.348 e. The number of carbonyl (C=O) groups excluding carboxylic acids is 3. The summed E-state index contributed by atoms with van der Waals surface area (Å²) in [5, 5.41) is 5.47. The molecule has 2 fully saturated rings. The number of rotatable bonds is 12. The van der Waals surface area contributed by atoms with Crippen LogP contribution in [0.1, 0.15) is 64.9 Å². The first-order chi connectivity index (χ1) is 17.8. The summed E-state index contributed by atoms with van der Waals surface area (Å²) >= 11 is 0. The van der Waals surface area contributed by atoms with E-state index >= 15 is 0 Å². The fourth-order valence-corrected chi connectivity index (χ4v) is 5.80. The molecule has 1 heterocycles. The van der Waals surface area contributed by atoms with Crippen LogP contribution in [0.15, 0.2) is 42.5 Å². The highest BCUT2D eigenvalue weighted by molar-refractivity contribution is 5.90. The molecule has 0 aromatic heterocycles. The van der Waals surface area contributed by atoms with Gasteiger partial charge in [0.05, 0.1) is 19.3 Å². The minimum atomic E-state index is -0.543. The van der Waals surface area contributed by atoms with Crippen LogP contribution in [0.25, 0.3) is 10.8 Å². The molecule has 4 rings (SSSR count). The normalized spacial score (nSPS) is 20.9. The Bertz CT molecular complexity index is 1080. The van der Waals surface area contributed by atoms with Crippen LogP contribution in [0.3, 0.4) is 0 Å². The van der Waals surface area contributed by atoms with E-state index in [0.717, 1.165) is 18.4 Å². The van der Waals surface area contributed by atoms with E-state index in [9.17, 15) is 14.4 Å². The summed E-state index contributed by atoms with van der Waals surface area (Å²) in [4.78, 5) is 39.2. The smallest absolute Gasteiger partial charge is 0.223 e. The summed E-state index contributed by atoms with van der Waals surface area (Å²) in [5.41, 5.74) is 1.15. The monoisotopic (exact) mass is 507 g/mol. The zero-order chi connectivity index (χ0) is 26.4. The Hall–Kier alpha value is -2.57. The van der Waals surface area contributed by atoms with Gasteiger partial charge in [0.2, 0.25) is 5.91 Å². The lowest BCUT2D eigenvalue weighted by Crippen LogP contribution is -2.48. The lowest BCUT2D eigenvalue weighted by Gasteiger charge is -2.28. The SMILES string of the molecule is CC(C)C[C@H](CC(=O)[C@@H](C)Cc1cccc2ccccc12)C(=O)N[C@@H](C[C@@H]1CCCC1=O)C1OCCO1. The number of ether oxygens (including phenoxy) is 2. The van der Waals surface area contributed by atoms with Crippen molar-refractivity contribution in [3.63, 3.8) is 0 Å². The second kappa shape index (κ2) is 12.8. The van der Waals surface area contributed by atoms with Crippen molar-refractivity contribution in [2.75, 3.05) is 13.2 Å². The zero-order valence-electron chi connectivity index (χ0n) is 22.4. The molecule has 0 radical (unpaired) electrons. The van der Waals surface area contributed by atoms with Crippen molar-refractivity contribution in [1.82, 2.24) is 5.32 Å². The molecule has 1 saturated heterocycles. The standard InChI is InChI=1S/C31H41NO5/c1-20(2)16-25(19-29(34)21(3)17-23-10-6-9-22-8-4-5-12-26(22)23)30(35)32-27(31-36-14-15-37-31)18-24-11-7-13-28(24)33/h4-6,8-10,12,20-21,24-25,27,31H,7,11,13-19H2,1-3H3,(H,32,35)/t21-,24-,25+,27-/m0/s1. The van der Waals surface area contributed by atoms with E-state index in [1.165, 1.54) is 10.8 Å². The first kappa shape index (κ1) is 27.5. The van der Waals surface area contributed by atoms with Crippen LogP contribution < -0.4 is 5.32 Å². The predicted molar refractivity (Wildman–Crippen MR) is 144 cm³/mol. The minimum absolute atomic E-state index is 0.0657. The van der Waals surface area contributed by atoms with Gasteiger partial charge in [-0.25, -0.2) is 0 Å². The van der Waals surface area contributed by atoms with Gasteiger partial charge in [-0.15, -0.1) is 0 Å². The number of fused-ring (bicyclic) bond motifs is 1. The minimum Gasteiger partial charge on any atom is -0.348 e. The van der Waals surface area contributed by atoms with Gasteiger partial charge in [-0.05, 0) is 54.4 Å². The molecule has 2 aromatic rings. The first-order valence-corrected chi connectivity index (χ1v) is 13.9. The van der Waals surface area contributed by atoms with Crippen LogP contribution in [-0.4, -0.2) is 43.0 Å². The van der Waals surface area contributed by atoms with Crippen LogP contribution in [0.5, 0.6) is 0 Å². The Balaban J connectivity index is 1.42. The van der Waals surface area contributed by atoms with Crippen molar-refractivity contribution >= 4 is 28.2 Å². The van der Waals surface area contributed by atoms with Crippen molar-refractivity contribution < 1.29 is 23.9 Å². The van der Waals surface area contributed by atoms with Gasteiger partial charge in [0.25, 0.3) is 0 Å². The van der Waals surface area contributed by atoms with Gasteiger partial charge in [-0.3, -0.25) is 14.4 Å². The van der Waals surface area contributed by atoms with Gasteiger partial charge in [-0.1, -0.05) is 63.2 Å². The van der Waals surface area contributed by atoms with Gasteiger partial charge in [0.15, 0.2) is 6.29 Å². The van der Waals surface area contributed by atoms with Crippen LogP contribution >= 0.6 is 0 Å². The summed E-state index contributed by atoms with van der Waals surface area (Å²) in [6.07, 6.45) is 3.81. The maximum absolute atomic E-state index is 13.5. The molecule has 2 aromatic carbocycles. The molecule has 4 atom stereocenters. The quantitative estimate of drug-likeness (QED) is 0.424. The van der Waals surface area contributed by atoms with E-state index in [1.54, 1.807) is 0 Å². The topological polar surface area (TPSA) is 81.7 Å². The van der Waals surface area contributed by atoms with Gasteiger partial charge in [-0.2, -0.15) is 0 Å². The second-order valence-corrected chi connectivity index (χ2v) is 11.3. The number of carbonyl (C=O) groups is 3. The molecule has 37 heavy (non-hydrogen) atoms. The fourth-order valence-electron chi connectivity index (χ4n) is 5.80. The molecular weight excluding hydrogens is 466 g/mol. The summed E-state index contributed by atoms with van der Waals surface area (Å²) in [7, 11) is 0. The third-order valence-electron chi connectivity index (χ3n) is 7.80. The maximum atomic E-state index is 13.5. The highest BCUT2D eigenvalue weighted by Crippen LogP contribution is 2.29. The van der Waals surface area contributed by atoms with Crippen molar-refractivity contribution in [2.24, 2.45) is 23.7 Å². The van der Waals surface area contributed by atoms with Gasteiger partial charge < -0.3 is 14.8 Å². The van der Waals surface area contributed by atoms with E-state index < -0.39 is 12.2 Å². The molecule has 1 aliphatic carbocycles. The van der Waals surface area contributed by atoms with Crippen LogP contribution in [0.4, 0.5) is 0 Å². The summed E-state index contributed by atoms with van der Waals surface area (Å²) in [5.74, 6) is -0.200. The molecule has 6 nitrogen and oxygen atoms in total. The zero-order valence-corrected chi connectivity index (χ0v) is 22.4. The molecule has 1 amide bonds. The Labute approximate surface area is 220 Å². The molecule has 6 heteroatoms. The van der Waals surface area contributed by atoms with Crippen LogP contribution in [0, 0.1) is 23.7 Å². The average molecular weight is 508 g/mol. The van der Waals surface area contributed by atoms with Gasteiger partial charge in [0.1, 0.15) is 11.6 Å². The number of hydrogen-bond acceptors (Lipinski definition) is 5. The van der Waals surface area contributed by atoms with Gasteiger partial charge >= 0.3 is 0 Å². The number of Topliss-reactive ketones (excluding diaryl/α,β-unsaturated/α-hetero) is 2. The highest BCUT2D eigenvalue weighted by atomic mass is 16.7. The molecular formula is C31H41NO5. The number of hydrogen-bond donors (Lipinski definition) is 1. The first-order valence-electron chi connectivity index (χ1n) is 13.9. The number of benzene rings is 2. The van der Waals surface area contributed by atoms with Crippen molar-refractivity contribution in [1.29, 1.82) is 0 Å². The van der Waals surface area contributed by atoms with Crippen LogP contribution in [0.2, 0.25) is 0 Å². The Kier molecular flexibility index (Phi) is 9.49. The predicted octanol–water partition coefficient (Wildman–Crippen LogP) is 5.26. The molecule has 0 spiro atoms. The highest BCUT2D eigenvalue weighted by Gasteiger charge is 2.36. The summed E-state index contributed by atoms with van der Waals surface area (Å²) in [6.45, 7) is 7.07. The number of ketones is 2. The second-order valence-electron chi connectivity index (χ2n) is 11.3. The van der Waals surface area contributed by atoms with Gasteiger partial charge in [0, 0.05) is 30.6 Å². The van der Waals surface area contributed by atoms with Crippen LogP contribution in [-0.2, 0) is 30.3 Å². The van der Waals surface area contributed by atoms with Crippen molar-refractivity contribution in [3.8, 4) is 0 Å². The Morgan fingerprint density at radius 1 is 1.03 bits per heavy atom. The maximum Gasteiger partial charge on any atom is 0.223 e.